The number of hydrogen-bond donors (Lipinski definition) is 0. The Balaban J connectivity index is 2.36. The Morgan fingerprint density at radius 2 is 1.89 bits per heavy atom. The van der Waals surface area contributed by atoms with Crippen molar-refractivity contribution in [3.63, 3.8) is 0 Å². The third-order valence-corrected chi connectivity index (χ3v) is 3.32. The summed E-state index contributed by atoms with van der Waals surface area (Å²) in [5.41, 5.74) is 0.984. The van der Waals surface area contributed by atoms with Crippen LogP contribution in [0.15, 0.2) is 46.8 Å². The highest BCUT2D eigenvalue weighted by atomic mass is 32.1. The molecule has 4 nitrogen and oxygen atoms in total. The molecule has 1 aromatic carbocycles. The number of thiophene rings is 1. The third-order valence-electron chi connectivity index (χ3n) is 2.45. The number of carbonyl (C=O) groups excluding carboxylic acids is 1. The molecule has 0 saturated heterocycles. The van der Waals surface area contributed by atoms with Gasteiger partial charge in [0.05, 0.1) is 24.8 Å². The summed E-state index contributed by atoms with van der Waals surface area (Å²) in [4.78, 5) is 16.9. The van der Waals surface area contributed by atoms with E-state index in [1.807, 2.05) is 17.5 Å². The summed E-state index contributed by atoms with van der Waals surface area (Å²) < 4.78 is 9.84. The minimum Gasteiger partial charge on any atom is -0.497 e. The summed E-state index contributed by atoms with van der Waals surface area (Å²) in [6.07, 6.45) is 0. The molecule has 2 aromatic rings. The number of benzene rings is 1. The zero-order chi connectivity index (χ0) is 13.7. The van der Waals surface area contributed by atoms with E-state index >= 15 is 0 Å². The van der Waals surface area contributed by atoms with E-state index < -0.39 is 5.97 Å². The number of ether oxygens (including phenoxy) is 2. The maximum absolute atomic E-state index is 11.8. The van der Waals surface area contributed by atoms with Crippen molar-refractivity contribution in [3.05, 3.63) is 46.7 Å². The van der Waals surface area contributed by atoms with Gasteiger partial charge in [0.25, 0.3) is 0 Å². The van der Waals surface area contributed by atoms with Crippen molar-refractivity contribution in [3.8, 4) is 5.75 Å². The first-order valence-electron chi connectivity index (χ1n) is 5.59. The molecule has 5 heteroatoms. The lowest BCUT2D eigenvalue weighted by Crippen LogP contribution is -2.15. The predicted octanol–water partition coefficient (Wildman–Crippen LogP) is 3.05. The van der Waals surface area contributed by atoms with Gasteiger partial charge in [-0.15, -0.1) is 11.3 Å². The van der Waals surface area contributed by atoms with Crippen LogP contribution in [0.3, 0.4) is 0 Å². The van der Waals surface area contributed by atoms with E-state index in [1.165, 1.54) is 18.4 Å². The van der Waals surface area contributed by atoms with Crippen LogP contribution in [0.1, 0.15) is 4.88 Å². The second kappa shape index (κ2) is 6.15. The van der Waals surface area contributed by atoms with Gasteiger partial charge in [-0.05, 0) is 35.7 Å². The van der Waals surface area contributed by atoms with Crippen molar-refractivity contribution in [1.82, 2.24) is 0 Å². The number of hydrogen-bond acceptors (Lipinski definition) is 5. The van der Waals surface area contributed by atoms with Crippen molar-refractivity contribution in [2.45, 2.75) is 0 Å². The monoisotopic (exact) mass is 275 g/mol. The molecule has 0 spiro atoms. The zero-order valence-electron chi connectivity index (χ0n) is 10.6. The first-order chi connectivity index (χ1) is 9.24. The van der Waals surface area contributed by atoms with Gasteiger partial charge in [-0.2, -0.15) is 0 Å². The molecule has 0 unspecified atom stereocenters. The van der Waals surface area contributed by atoms with Gasteiger partial charge in [-0.25, -0.2) is 9.79 Å². The van der Waals surface area contributed by atoms with E-state index in [0.29, 0.717) is 11.4 Å². The highest BCUT2D eigenvalue weighted by molar-refractivity contribution is 7.13. The highest BCUT2D eigenvalue weighted by Gasteiger charge is 2.15. The molecular weight excluding hydrogens is 262 g/mol. The molecule has 0 radical (unpaired) electrons. The minimum atomic E-state index is -0.446. The summed E-state index contributed by atoms with van der Waals surface area (Å²) in [6.45, 7) is 0. The molecule has 2 rings (SSSR count). The van der Waals surface area contributed by atoms with Gasteiger partial charge in [0.2, 0.25) is 0 Å². The van der Waals surface area contributed by atoms with Crippen LogP contribution in [0.5, 0.6) is 5.75 Å². The Bertz CT molecular complexity index is 573. The van der Waals surface area contributed by atoms with E-state index in [1.54, 1.807) is 31.4 Å². The quantitative estimate of drug-likeness (QED) is 0.636. The maximum atomic E-state index is 11.8. The fourth-order valence-corrected chi connectivity index (χ4v) is 2.20. The summed E-state index contributed by atoms with van der Waals surface area (Å²) >= 11 is 1.45. The van der Waals surface area contributed by atoms with Crippen LogP contribution in [0.25, 0.3) is 0 Å². The van der Waals surface area contributed by atoms with Crippen molar-refractivity contribution < 1.29 is 14.3 Å². The molecular formula is C14H13NO3S. The standard InChI is InChI=1S/C14H13NO3S/c1-17-11-7-5-10(6-8-11)15-13(14(16)18-2)12-4-3-9-19-12/h3-9H,1-2H3. The number of esters is 1. The van der Waals surface area contributed by atoms with Crippen LogP contribution >= 0.6 is 11.3 Å². The molecule has 1 aromatic heterocycles. The molecule has 0 bridgehead atoms. The maximum Gasteiger partial charge on any atom is 0.358 e. The molecule has 0 atom stereocenters. The molecule has 19 heavy (non-hydrogen) atoms. The largest absolute Gasteiger partial charge is 0.497 e. The van der Waals surface area contributed by atoms with E-state index in [2.05, 4.69) is 4.99 Å². The molecule has 0 aliphatic heterocycles. The topological polar surface area (TPSA) is 47.9 Å². The lowest BCUT2D eigenvalue weighted by molar-refractivity contribution is -0.132. The van der Waals surface area contributed by atoms with Gasteiger partial charge in [-0.1, -0.05) is 6.07 Å². The van der Waals surface area contributed by atoms with E-state index in [-0.39, 0.29) is 0 Å². The second-order valence-electron chi connectivity index (χ2n) is 3.63. The van der Waals surface area contributed by atoms with E-state index in [0.717, 1.165) is 10.6 Å². The lowest BCUT2D eigenvalue weighted by Gasteiger charge is -2.03. The van der Waals surface area contributed by atoms with Crippen LogP contribution in [0.2, 0.25) is 0 Å². The molecule has 0 amide bonds. The lowest BCUT2D eigenvalue weighted by atomic mass is 10.2. The number of rotatable bonds is 4. The van der Waals surface area contributed by atoms with Gasteiger partial charge < -0.3 is 9.47 Å². The van der Waals surface area contributed by atoms with Crippen LogP contribution in [0, 0.1) is 0 Å². The Hall–Kier alpha value is -2.14. The highest BCUT2D eigenvalue weighted by Crippen LogP contribution is 2.20. The van der Waals surface area contributed by atoms with Crippen molar-refractivity contribution in [2.75, 3.05) is 14.2 Å². The zero-order valence-corrected chi connectivity index (χ0v) is 11.4. The Morgan fingerprint density at radius 1 is 1.16 bits per heavy atom. The summed E-state index contributed by atoms with van der Waals surface area (Å²) in [6, 6.07) is 10.9. The summed E-state index contributed by atoms with van der Waals surface area (Å²) in [7, 11) is 2.95. The molecule has 0 aliphatic rings. The van der Waals surface area contributed by atoms with E-state index in [4.69, 9.17) is 9.47 Å². The number of methoxy groups -OCH3 is 2. The minimum absolute atomic E-state index is 0.308. The Morgan fingerprint density at radius 3 is 2.42 bits per heavy atom. The van der Waals surface area contributed by atoms with Crippen molar-refractivity contribution in [1.29, 1.82) is 0 Å². The van der Waals surface area contributed by atoms with Crippen LogP contribution in [-0.4, -0.2) is 25.9 Å². The Labute approximate surface area is 115 Å². The van der Waals surface area contributed by atoms with Crippen LogP contribution in [-0.2, 0) is 9.53 Å². The molecule has 0 aliphatic carbocycles. The number of nitrogens with zero attached hydrogens (tertiary/aromatic N) is 1. The average Bonchev–Trinajstić information content (AvgIpc) is 2.98. The van der Waals surface area contributed by atoms with Crippen LogP contribution in [0.4, 0.5) is 5.69 Å². The SMILES string of the molecule is COC(=O)C(=Nc1ccc(OC)cc1)c1cccs1. The summed E-state index contributed by atoms with van der Waals surface area (Å²) in [5.74, 6) is 0.299. The fraction of sp³-hybridized carbons (Fsp3) is 0.143. The van der Waals surface area contributed by atoms with E-state index in [9.17, 15) is 4.79 Å². The Kier molecular flexibility index (Phi) is 4.30. The molecule has 98 valence electrons. The van der Waals surface area contributed by atoms with Gasteiger partial charge in [0, 0.05) is 0 Å². The smallest absolute Gasteiger partial charge is 0.358 e. The third kappa shape index (κ3) is 3.20. The molecule has 0 saturated carbocycles. The van der Waals surface area contributed by atoms with Gasteiger partial charge >= 0.3 is 5.97 Å². The van der Waals surface area contributed by atoms with Gasteiger partial charge in [0.1, 0.15) is 5.75 Å². The van der Waals surface area contributed by atoms with Gasteiger partial charge in [-0.3, -0.25) is 0 Å². The van der Waals surface area contributed by atoms with Gasteiger partial charge in [0.15, 0.2) is 5.71 Å². The molecule has 1 heterocycles. The average molecular weight is 275 g/mol. The van der Waals surface area contributed by atoms with Crippen molar-refractivity contribution >= 4 is 28.7 Å². The predicted molar refractivity (Wildman–Crippen MR) is 75.5 cm³/mol. The van der Waals surface area contributed by atoms with Crippen LogP contribution < -0.4 is 4.74 Å². The second-order valence-corrected chi connectivity index (χ2v) is 4.58. The summed E-state index contributed by atoms with van der Waals surface area (Å²) in [5, 5.41) is 1.89. The fourth-order valence-electron chi connectivity index (χ4n) is 1.50. The van der Waals surface area contributed by atoms with Crippen molar-refractivity contribution in [2.24, 2.45) is 4.99 Å². The number of aliphatic imine (C=N–C) groups is 1. The molecule has 0 N–H and O–H groups in total. The molecule has 0 fully saturated rings. The normalized spacial score (nSPS) is 11.2. The first kappa shape index (κ1) is 13.3. The first-order valence-corrected chi connectivity index (χ1v) is 6.47. The number of carbonyl (C=O) groups is 1.